The van der Waals surface area contributed by atoms with E-state index in [9.17, 15) is 15.0 Å². The van der Waals surface area contributed by atoms with Gasteiger partial charge in [-0.2, -0.15) is 0 Å². The average molecular weight is 487 g/mol. The minimum Gasteiger partial charge on any atom is -0.481 e. The zero-order valence-corrected chi connectivity index (χ0v) is 22.4. The van der Waals surface area contributed by atoms with Crippen molar-refractivity contribution < 1.29 is 24.5 Å². The summed E-state index contributed by atoms with van der Waals surface area (Å²) in [5.74, 6) is 0.940. The van der Waals surface area contributed by atoms with Crippen LogP contribution in [0.25, 0.3) is 0 Å². The summed E-state index contributed by atoms with van der Waals surface area (Å²) in [7, 11) is 0. The summed E-state index contributed by atoms with van der Waals surface area (Å²) in [4.78, 5) is 12.8. The Morgan fingerprint density at radius 1 is 1.03 bits per heavy atom. The Morgan fingerprint density at radius 3 is 2.54 bits per heavy atom. The molecule has 35 heavy (non-hydrogen) atoms. The lowest BCUT2D eigenvalue weighted by Crippen LogP contribution is -2.69. The summed E-state index contributed by atoms with van der Waals surface area (Å²) in [5.41, 5.74) is 0.854. The normalized spacial score (nSPS) is 57.5. The van der Waals surface area contributed by atoms with Gasteiger partial charge in [0.25, 0.3) is 0 Å². The third-order valence-electron chi connectivity index (χ3n) is 13.3. The molecule has 6 aliphatic rings. The summed E-state index contributed by atoms with van der Waals surface area (Å²) in [5, 5.41) is 21.9. The van der Waals surface area contributed by atoms with E-state index >= 15 is 0 Å². The predicted molar refractivity (Wildman–Crippen MR) is 133 cm³/mol. The summed E-state index contributed by atoms with van der Waals surface area (Å²) >= 11 is 0. The molecule has 4 saturated carbocycles. The average Bonchev–Trinajstić information content (AvgIpc) is 2.79. The quantitative estimate of drug-likeness (QED) is 0.458. The number of allylic oxidation sites excluding steroid dienone is 2. The number of fused-ring (bicyclic) bond motifs is 9. The number of carboxylic acids is 1. The van der Waals surface area contributed by atoms with Crippen molar-refractivity contribution in [3.63, 3.8) is 0 Å². The molecular formula is C30H46O5. The van der Waals surface area contributed by atoms with Crippen molar-refractivity contribution in [2.24, 2.45) is 50.7 Å². The van der Waals surface area contributed by atoms with Gasteiger partial charge in [-0.3, -0.25) is 4.79 Å². The molecule has 1 heterocycles. The van der Waals surface area contributed by atoms with Crippen LogP contribution >= 0.6 is 0 Å². The van der Waals surface area contributed by atoms with Crippen LogP contribution in [0.2, 0.25) is 0 Å². The van der Waals surface area contributed by atoms with Crippen molar-refractivity contribution in [3.8, 4) is 0 Å². The molecule has 6 rings (SSSR count). The van der Waals surface area contributed by atoms with Crippen molar-refractivity contribution in [2.45, 2.75) is 105 Å². The van der Waals surface area contributed by atoms with Crippen molar-refractivity contribution in [1.29, 1.82) is 0 Å². The molecule has 5 fully saturated rings. The lowest BCUT2D eigenvalue weighted by atomic mass is 9.33. The van der Waals surface area contributed by atoms with Crippen LogP contribution in [0.3, 0.4) is 0 Å². The van der Waals surface area contributed by atoms with E-state index in [1.54, 1.807) is 0 Å². The molecule has 0 radical (unpaired) electrons. The molecule has 2 N–H and O–H groups in total. The first-order chi connectivity index (χ1) is 16.4. The number of ether oxygens (including phenoxy) is 2. The molecule has 0 bridgehead atoms. The minimum atomic E-state index is -0.578. The molecule has 5 nitrogen and oxygen atoms in total. The van der Waals surface area contributed by atoms with Crippen LogP contribution in [0.1, 0.15) is 92.4 Å². The molecule has 3 unspecified atom stereocenters. The largest absolute Gasteiger partial charge is 0.481 e. The summed E-state index contributed by atoms with van der Waals surface area (Å²) in [6, 6.07) is 0. The lowest BCUT2D eigenvalue weighted by Gasteiger charge is -2.72. The first-order valence-electron chi connectivity index (χ1n) is 14.3. The predicted octanol–water partition coefficient (Wildman–Crippen LogP) is 5.81. The molecule has 1 aliphatic heterocycles. The molecule has 0 aromatic carbocycles. The molecule has 0 aromatic heterocycles. The Morgan fingerprint density at radius 2 is 1.80 bits per heavy atom. The number of hydrogen-bond acceptors (Lipinski definition) is 4. The maximum atomic E-state index is 12.8. The smallest absolute Gasteiger partial charge is 0.310 e. The van der Waals surface area contributed by atoms with Gasteiger partial charge in [0.2, 0.25) is 0 Å². The van der Waals surface area contributed by atoms with Crippen molar-refractivity contribution >= 4 is 5.97 Å². The van der Waals surface area contributed by atoms with Crippen LogP contribution in [0, 0.1) is 50.7 Å². The van der Waals surface area contributed by atoms with E-state index in [1.807, 2.05) is 0 Å². The molecule has 5 aliphatic carbocycles. The number of aliphatic hydroxyl groups is 1. The van der Waals surface area contributed by atoms with Crippen molar-refractivity contribution in [1.82, 2.24) is 0 Å². The Bertz CT molecular complexity index is 945. The Hall–Kier alpha value is -0.910. The zero-order chi connectivity index (χ0) is 25.0. The van der Waals surface area contributed by atoms with Crippen LogP contribution in [0.15, 0.2) is 11.6 Å². The molecule has 5 heteroatoms. The fourth-order valence-corrected chi connectivity index (χ4v) is 11.5. The highest BCUT2D eigenvalue weighted by Gasteiger charge is 2.71. The second kappa shape index (κ2) is 7.57. The van der Waals surface area contributed by atoms with E-state index in [4.69, 9.17) is 9.47 Å². The van der Waals surface area contributed by atoms with Gasteiger partial charge in [-0.15, -0.1) is 0 Å². The van der Waals surface area contributed by atoms with Gasteiger partial charge in [0, 0.05) is 5.41 Å². The van der Waals surface area contributed by atoms with Crippen LogP contribution < -0.4 is 0 Å². The maximum absolute atomic E-state index is 12.8. The van der Waals surface area contributed by atoms with E-state index in [2.05, 4.69) is 40.7 Å². The molecule has 0 spiro atoms. The summed E-state index contributed by atoms with van der Waals surface area (Å²) in [6.45, 7) is 13.0. The van der Waals surface area contributed by atoms with E-state index < -0.39 is 17.5 Å². The van der Waals surface area contributed by atoms with Crippen molar-refractivity contribution in [3.05, 3.63) is 11.6 Å². The number of hydrogen-bond donors (Lipinski definition) is 2. The van der Waals surface area contributed by atoms with Gasteiger partial charge < -0.3 is 19.7 Å². The Balaban J connectivity index is 1.44. The number of aliphatic carboxylic acids is 1. The van der Waals surface area contributed by atoms with Gasteiger partial charge in [0.05, 0.1) is 24.2 Å². The van der Waals surface area contributed by atoms with Gasteiger partial charge >= 0.3 is 5.97 Å². The highest BCUT2D eigenvalue weighted by Crippen LogP contribution is 2.75. The van der Waals surface area contributed by atoms with Gasteiger partial charge in [0.1, 0.15) is 6.79 Å². The van der Waals surface area contributed by atoms with E-state index in [0.717, 1.165) is 57.8 Å². The fourth-order valence-electron chi connectivity index (χ4n) is 11.5. The van der Waals surface area contributed by atoms with Crippen LogP contribution in [0.4, 0.5) is 0 Å². The number of carboxylic acid groups (broad SMARTS) is 1. The lowest BCUT2D eigenvalue weighted by molar-refractivity contribution is -0.305. The van der Waals surface area contributed by atoms with Crippen LogP contribution in [0.5, 0.6) is 0 Å². The first kappa shape index (κ1) is 24.4. The number of carbonyl (C=O) groups is 1. The number of aliphatic hydroxyl groups excluding tert-OH is 1. The zero-order valence-electron chi connectivity index (χ0n) is 22.4. The molecule has 11 atom stereocenters. The number of rotatable bonds is 1. The van der Waals surface area contributed by atoms with Crippen LogP contribution in [-0.2, 0) is 14.3 Å². The van der Waals surface area contributed by atoms with Gasteiger partial charge in [0.15, 0.2) is 0 Å². The molecule has 196 valence electrons. The second-order valence-electron chi connectivity index (χ2n) is 14.4. The topological polar surface area (TPSA) is 76.0 Å². The van der Waals surface area contributed by atoms with Crippen LogP contribution in [-0.4, -0.2) is 41.8 Å². The van der Waals surface area contributed by atoms with E-state index in [0.29, 0.717) is 24.4 Å². The van der Waals surface area contributed by atoms with Gasteiger partial charge in [-0.05, 0) is 84.9 Å². The maximum Gasteiger partial charge on any atom is 0.310 e. The SMILES string of the molecule is C[C@H]1CCC[C@]2(C(=O)O)CC[C@]3(C)C(=CCC4[C@@]5(C)C[C@@H](O)[C@@H]6OCOC[C@@]6(C)C5CC[C@]43C)C12. The summed E-state index contributed by atoms with van der Waals surface area (Å²) < 4.78 is 11.9. The Labute approximate surface area is 211 Å². The minimum absolute atomic E-state index is 0.00623. The molecule has 1 saturated heterocycles. The highest BCUT2D eigenvalue weighted by atomic mass is 16.7. The molecule has 0 aromatic rings. The third kappa shape index (κ3) is 2.84. The first-order valence-corrected chi connectivity index (χ1v) is 14.3. The molecular weight excluding hydrogens is 440 g/mol. The monoisotopic (exact) mass is 486 g/mol. The van der Waals surface area contributed by atoms with E-state index in [1.165, 1.54) is 5.57 Å². The highest BCUT2D eigenvalue weighted by molar-refractivity contribution is 5.76. The van der Waals surface area contributed by atoms with E-state index in [-0.39, 0.29) is 40.5 Å². The van der Waals surface area contributed by atoms with Crippen molar-refractivity contribution in [2.75, 3.05) is 13.4 Å². The third-order valence-corrected chi connectivity index (χ3v) is 13.3. The van der Waals surface area contributed by atoms with Gasteiger partial charge in [-0.1, -0.05) is 59.1 Å². The summed E-state index contributed by atoms with van der Waals surface area (Å²) in [6.07, 6.45) is 10.8. The standard InChI is InChI=1S/C30H46O5/c1-18-7-6-11-30(25(32)33)14-13-28(4)19(23(18)30)8-9-22-26(2)15-20(31)24-27(3,16-34-17-35-24)21(26)10-12-29(22,28)5/h8,18,20-24,31H,6-7,9-17H2,1-5H3,(H,32,33)/t18-,20+,21?,22?,23?,24-,26-,27-,28+,29+,30-/m0/s1. The molecule has 0 amide bonds. The second-order valence-corrected chi connectivity index (χ2v) is 14.4. The van der Waals surface area contributed by atoms with Gasteiger partial charge in [-0.25, -0.2) is 0 Å². The fraction of sp³-hybridized carbons (Fsp3) is 0.900. The Kier molecular flexibility index (Phi) is 5.28.